The Morgan fingerprint density at radius 2 is 2.22 bits per heavy atom. The van der Waals surface area contributed by atoms with Gasteiger partial charge >= 0.3 is 0 Å². The van der Waals surface area contributed by atoms with Gasteiger partial charge in [0.25, 0.3) is 5.91 Å². The van der Waals surface area contributed by atoms with Gasteiger partial charge in [-0.05, 0) is 25.0 Å². The number of nitrogens with two attached hydrogens (primary N) is 1. The van der Waals surface area contributed by atoms with Gasteiger partial charge in [0, 0.05) is 23.2 Å². The highest BCUT2D eigenvalue weighted by Gasteiger charge is 2.32. The molecule has 2 N–H and O–H groups in total. The van der Waals surface area contributed by atoms with Crippen molar-refractivity contribution in [1.29, 1.82) is 0 Å². The first kappa shape index (κ1) is 11.8. The van der Waals surface area contributed by atoms with Crippen LogP contribution in [0.25, 0.3) is 10.1 Å². The van der Waals surface area contributed by atoms with Crippen LogP contribution >= 0.6 is 22.9 Å². The molecule has 0 unspecified atom stereocenters. The summed E-state index contributed by atoms with van der Waals surface area (Å²) in [5, 5.41) is 1.41. The van der Waals surface area contributed by atoms with Crippen molar-refractivity contribution in [3.05, 3.63) is 28.1 Å². The number of rotatable bonds is 2. The maximum Gasteiger partial charge on any atom is 0.266 e. The molecular weight excluding hydrogens is 268 g/mol. The first-order chi connectivity index (χ1) is 8.59. The zero-order chi connectivity index (χ0) is 12.9. The Bertz CT molecular complexity index is 633. The summed E-state index contributed by atoms with van der Waals surface area (Å²) in [6.07, 6.45) is 2.18. The molecule has 0 radical (unpaired) electrons. The highest BCUT2D eigenvalue weighted by molar-refractivity contribution is 7.21. The third-order valence-corrected chi connectivity index (χ3v) is 4.78. The van der Waals surface area contributed by atoms with Crippen LogP contribution in [0.1, 0.15) is 22.5 Å². The van der Waals surface area contributed by atoms with Crippen LogP contribution < -0.4 is 5.73 Å². The lowest BCUT2D eigenvalue weighted by Gasteiger charge is -2.15. The van der Waals surface area contributed by atoms with Gasteiger partial charge in [0.1, 0.15) is 4.88 Å². The normalized spacial score (nSPS) is 15.0. The lowest BCUT2D eigenvalue weighted by atomic mass is 10.2. The molecule has 0 bridgehead atoms. The second-order valence-corrected chi connectivity index (χ2v) is 6.06. The third-order valence-electron chi connectivity index (χ3n) is 3.31. The van der Waals surface area contributed by atoms with E-state index >= 15 is 0 Å². The second kappa shape index (κ2) is 4.14. The van der Waals surface area contributed by atoms with E-state index in [2.05, 4.69) is 0 Å². The van der Waals surface area contributed by atoms with Gasteiger partial charge in [-0.2, -0.15) is 0 Å². The van der Waals surface area contributed by atoms with E-state index in [-0.39, 0.29) is 5.91 Å². The van der Waals surface area contributed by atoms with Crippen LogP contribution in [0.15, 0.2) is 18.2 Å². The summed E-state index contributed by atoms with van der Waals surface area (Å²) in [5.74, 6) is 0.00673. The molecule has 5 heteroatoms. The predicted octanol–water partition coefficient (Wildman–Crippen LogP) is 3.37. The summed E-state index contributed by atoms with van der Waals surface area (Å²) in [6, 6.07) is 6.00. The fourth-order valence-electron chi connectivity index (χ4n) is 2.08. The number of fused-ring (bicyclic) bond motifs is 1. The summed E-state index contributed by atoms with van der Waals surface area (Å²) < 4.78 is 0.965. The fraction of sp³-hybridized carbons (Fsp3) is 0.308. The molecule has 1 fully saturated rings. The number of carbonyl (C=O) groups is 1. The molecule has 0 saturated heterocycles. The lowest BCUT2D eigenvalue weighted by Crippen LogP contribution is -2.28. The van der Waals surface area contributed by atoms with E-state index in [1.165, 1.54) is 11.3 Å². The van der Waals surface area contributed by atoms with Crippen molar-refractivity contribution in [3.8, 4) is 0 Å². The average Bonchev–Trinajstić information content (AvgIpc) is 3.13. The number of hydrogen-bond acceptors (Lipinski definition) is 3. The minimum absolute atomic E-state index is 0.00673. The van der Waals surface area contributed by atoms with Gasteiger partial charge in [0.05, 0.1) is 10.7 Å². The van der Waals surface area contributed by atoms with E-state index in [0.29, 0.717) is 21.6 Å². The van der Waals surface area contributed by atoms with Gasteiger partial charge in [-0.1, -0.05) is 17.7 Å². The number of hydrogen-bond donors (Lipinski definition) is 1. The summed E-state index contributed by atoms with van der Waals surface area (Å²) in [5.41, 5.74) is 6.59. The molecule has 0 aliphatic heterocycles. The molecular formula is C13H13ClN2OS. The largest absolute Gasteiger partial charge is 0.397 e. The fourth-order valence-corrected chi connectivity index (χ4v) is 3.54. The van der Waals surface area contributed by atoms with Crippen LogP contribution in [0.3, 0.4) is 0 Å². The number of anilines is 1. The Balaban J connectivity index is 2.09. The predicted molar refractivity (Wildman–Crippen MR) is 76.4 cm³/mol. The van der Waals surface area contributed by atoms with E-state index < -0.39 is 0 Å². The molecule has 3 rings (SSSR count). The van der Waals surface area contributed by atoms with Crippen molar-refractivity contribution < 1.29 is 4.79 Å². The molecule has 1 aliphatic rings. The number of nitrogen functional groups attached to an aromatic ring is 1. The van der Waals surface area contributed by atoms with Crippen molar-refractivity contribution in [2.75, 3.05) is 12.8 Å². The number of halogens is 1. The van der Waals surface area contributed by atoms with Crippen molar-refractivity contribution in [1.82, 2.24) is 4.90 Å². The van der Waals surface area contributed by atoms with Gasteiger partial charge < -0.3 is 10.6 Å². The number of carbonyl (C=O) groups excluding carboxylic acids is 1. The van der Waals surface area contributed by atoms with Gasteiger partial charge in [0.15, 0.2) is 0 Å². The SMILES string of the molecule is CN(C(=O)c1sc2cccc(Cl)c2c1N)C1CC1. The Hall–Kier alpha value is -1.26. The molecule has 1 amide bonds. The van der Waals surface area contributed by atoms with E-state index in [1.54, 1.807) is 11.0 Å². The van der Waals surface area contributed by atoms with Crippen LogP contribution in [0, 0.1) is 0 Å². The maximum absolute atomic E-state index is 12.3. The summed E-state index contributed by atoms with van der Waals surface area (Å²) in [6.45, 7) is 0. The summed E-state index contributed by atoms with van der Waals surface area (Å²) >= 11 is 7.56. The highest BCUT2D eigenvalue weighted by atomic mass is 35.5. The van der Waals surface area contributed by atoms with Gasteiger partial charge in [0.2, 0.25) is 0 Å². The lowest BCUT2D eigenvalue weighted by molar-refractivity contribution is 0.0791. The smallest absolute Gasteiger partial charge is 0.266 e. The van der Waals surface area contributed by atoms with Crippen LogP contribution in [0.2, 0.25) is 5.02 Å². The monoisotopic (exact) mass is 280 g/mol. The topological polar surface area (TPSA) is 46.3 Å². The molecule has 1 saturated carbocycles. The molecule has 1 aliphatic carbocycles. The number of amides is 1. The standard InChI is InChI=1S/C13H13ClN2OS/c1-16(7-5-6-7)13(17)12-11(15)10-8(14)3-2-4-9(10)18-12/h2-4,7H,5-6,15H2,1H3. The van der Waals surface area contributed by atoms with E-state index in [1.807, 2.05) is 19.2 Å². The molecule has 0 atom stereocenters. The number of nitrogens with zero attached hydrogens (tertiary/aromatic N) is 1. The van der Waals surface area contributed by atoms with Gasteiger partial charge in [-0.25, -0.2) is 0 Å². The number of benzene rings is 1. The Kier molecular flexibility index (Phi) is 2.72. The summed E-state index contributed by atoms with van der Waals surface area (Å²) in [4.78, 5) is 14.7. The quantitative estimate of drug-likeness (QED) is 0.917. The van der Waals surface area contributed by atoms with Crippen molar-refractivity contribution >= 4 is 44.6 Å². The Morgan fingerprint density at radius 3 is 2.83 bits per heavy atom. The zero-order valence-corrected chi connectivity index (χ0v) is 11.5. The molecule has 0 spiro atoms. The van der Waals surface area contributed by atoms with Crippen LogP contribution in [-0.2, 0) is 0 Å². The molecule has 2 aromatic rings. The number of thiophene rings is 1. The van der Waals surface area contributed by atoms with Crippen molar-refractivity contribution in [3.63, 3.8) is 0 Å². The highest BCUT2D eigenvalue weighted by Crippen LogP contribution is 2.39. The van der Waals surface area contributed by atoms with Crippen LogP contribution in [0.5, 0.6) is 0 Å². The molecule has 18 heavy (non-hydrogen) atoms. The molecule has 94 valence electrons. The Morgan fingerprint density at radius 1 is 1.50 bits per heavy atom. The van der Waals surface area contributed by atoms with Crippen molar-refractivity contribution in [2.45, 2.75) is 18.9 Å². The zero-order valence-electron chi connectivity index (χ0n) is 9.94. The minimum atomic E-state index is 0.00673. The van der Waals surface area contributed by atoms with Crippen LogP contribution in [-0.4, -0.2) is 23.9 Å². The second-order valence-electron chi connectivity index (χ2n) is 4.61. The molecule has 1 aromatic carbocycles. The Labute approximate surface area is 114 Å². The minimum Gasteiger partial charge on any atom is -0.397 e. The molecule has 1 aromatic heterocycles. The first-order valence-electron chi connectivity index (χ1n) is 5.83. The van der Waals surface area contributed by atoms with Crippen molar-refractivity contribution in [2.24, 2.45) is 0 Å². The van der Waals surface area contributed by atoms with Crippen LogP contribution in [0.4, 0.5) is 5.69 Å². The van der Waals surface area contributed by atoms with Gasteiger partial charge in [-0.15, -0.1) is 11.3 Å². The van der Waals surface area contributed by atoms with E-state index in [0.717, 1.165) is 22.9 Å². The van der Waals surface area contributed by atoms with E-state index in [9.17, 15) is 4.79 Å². The third kappa shape index (κ3) is 1.76. The summed E-state index contributed by atoms with van der Waals surface area (Å²) in [7, 11) is 1.84. The maximum atomic E-state index is 12.3. The molecule has 1 heterocycles. The van der Waals surface area contributed by atoms with E-state index in [4.69, 9.17) is 17.3 Å². The first-order valence-corrected chi connectivity index (χ1v) is 7.02. The molecule has 3 nitrogen and oxygen atoms in total. The average molecular weight is 281 g/mol. The van der Waals surface area contributed by atoms with Gasteiger partial charge in [-0.3, -0.25) is 4.79 Å².